The van der Waals surface area contributed by atoms with Gasteiger partial charge in [-0.1, -0.05) is 72.1 Å². The van der Waals surface area contributed by atoms with Crippen molar-refractivity contribution in [3.8, 4) is 0 Å². The van der Waals surface area contributed by atoms with E-state index >= 15 is 0 Å². The highest BCUT2D eigenvalue weighted by Gasteiger charge is 2.39. The summed E-state index contributed by atoms with van der Waals surface area (Å²) in [4.78, 5) is 0. The van der Waals surface area contributed by atoms with E-state index in [1.165, 1.54) is 29.3 Å². The minimum Gasteiger partial charge on any atom is -0.170 e. The number of halogens is 6. The molecule has 1 aliphatic carbocycles. The number of benzene rings is 2. The zero-order valence-electron chi connectivity index (χ0n) is 13.9. The van der Waals surface area contributed by atoms with Crippen molar-refractivity contribution in [2.45, 2.75) is 37.8 Å². The van der Waals surface area contributed by atoms with Crippen molar-refractivity contribution in [2.24, 2.45) is 0 Å². The van der Waals surface area contributed by atoms with E-state index in [0.717, 1.165) is 24.5 Å². The predicted molar refractivity (Wildman–Crippen MR) is 102 cm³/mol. The van der Waals surface area contributed by atoms with Crippen LogP contribution in [0.1, 0.15) is 47.4 Å². The third-order valence-corrected chi connectivity index (χ3v) is 5.94. The molecule has 0 heterocycles. The minimum absolute atomic E-state index is 0.00309. The Morgan fingerprint density at radius 1 is 1.08 bits per heavy atom. The van der Waals surface area contributed by atoms with Crippen molar-refractivity contribution in [2.75, 3.05) is 0 Å². The van der Waals surface area contributed by atoms with E-state index in [-0.39, 0.29) is 20.6 Å². The van der Waals surface area contributed by atoms with Gasteiger partial charge >= 0.3 is 6.18 Å². The quantitative estimate of drug-likeness (QED) is 0.441. The highest BCUT2D eigenvalue weighted by atomic mass is 35.5. The van der Waals surface area contributed by atoms with Gasteiger partial charge in [0.2, 0.25) is 0 Å². The molecule has 0 saturated carbocycles. The van der Waals surface area contributed by atoms with Crippen LogP contribution < -0.4 is 0 Å². The fourth-order valence-electron chi connectivity index (χ4n) is 3.33. The van der Waals surface area contributed by atoms with Crippen LogP contribution in [-0.4, -0.2) is 6.18 Å². The predicted octanol–water partition coefficient (Wildman–Crippen LogP) is 8.06. The van der Waals surface area contributed by atoms with Crippen molar-refractivity contribution in [1.29, 1.82) is 0 Å². The van der Waals surface area contributed by atoms with E-state index in [2.05, 4.69) is 6.92 Å². The van der Waals surface area contributed by atoms with Crippen LogP contribution in [-0.2, 0) is 6.42 Å². The summed E-state index contributed by atoms with van der Waals surface area (Å²) in [5, 5.41) is 0.0569. The summed E-state index contributed by atoms with van der Waals surface area (Å²) in [6.07, 6.45) is 0.203. The van der Waals surface area contributed by atoms with Gasteiger partial charge in [0.25, 0.3) is 0 Å². The maximum absolute atomic E-state index is 13.6. The molecule has 0 radical (unpaired) electrons. The lowest BCUT2D eigenvalue weighted by atomic mass is 9.96. The van der Waals surface area contributed by atoms with Crippen molar-refractivity contribution < 1.29 is 13.2 Å². The third-order valence-electron chi connectivity index (χ3n) is 4.74. The number of allylic oxidation sites excluding steroid dienone is 1. The lowest BCUT2D eigenvalue weighted by Crippen LogP contribution is -2.19. The summed E-state index contributed by atoms with van der Waals surface area (Å²) >= 11 is 17.6. The van der Waals surface area contributed by atoms with Gasteiger partial charge in [-0.15, -0.1) is 0 Å². The van der Waals surface area contributed by atoms with Crippen molar-refractivity contribution in [3.05, 3.63) is 73.7 Å². The minimum atomic E-state index is -4.47. The van der Waals surface area contributed by atoms with Gasteiger partial charge in [0.05, 0.1) is 21.0 Å². The molecule has 2 aromatic rings. The van der Waals surface area contributed by atoms with Gasteiger partial charge in [-0.3, -0.25) is 0 Å². The topological polar surface area (TPSA) is 0 Å². The van der Waals surface area contributed by atoms with E-state index in [1.807, 2.05) is 18.2 Å². The van der Waals surface area contributed by atoms with Gasteiger partial charge in [0.1, 0.15) is 0 Å². The normalized spacial score (nSPS) is 18.3. The van der Waals surface area contributed by atoms with Crippen LogP contribution in [0.25, 0.3) is 6.08 Å². The molecule has 2 atom stereocenters. The largest absolute Gasteiger partial charge is 0.399 e. The molecule has 0 spiro atoms. The molecule has 0 bridgehead atoms. The average molecular weight is 420 g/mol. The monoisotopic (exact) mass is 418 g/mol. The standard InChI is InChI=1S/C20H16Cl3F3/c1-11-2-5-13-8-12(3-6-15(11)13)4-7-16(20(24,25)26)14-9-17(21)19(23)18(22)10-14/h3-4,6-11,16H,2,5H2,1H3/b7-4+. The first-order valence-electron chi connectivity index (χ1n) is 8.19. The molecular weight excluding hydrogens is 404 g/mol. The van der Waals surface area contributed by atoms with Gasteiger partial charge < -0.3 is 0 Å². The van der Waals surface area contributed by atoms with Crippen LogP contribution in [0.5, 0.6) is 0 Å². The Morgan fingerprint density at radius 3 is 2.35 bits per heavy atom. The third kappa shape index (κ3) is 4.05. The highest BCUT2D eigenvalue weighted by Crippen LogP contribution is 2.41. The summed E-state index contributed by atoms with van der Waals surface area (Å²) in [5.41, 5.74) is 3.20. The number of hydrogen-bond acceptors (Lipinski definition) is 0. The molecule has 2 aromatic carbocycles. The Morgan fingerprint density at radius 2 is 1.73 bits per heavy atom. The molecule has 0 fully saturated rings. The van der Waals surface area contributed by atoms with Crippen molar-refractivity contribution in [3.63, 3.8) is 0 Å². The molecule has 0 aliphatic heterocycles. The van der Waals surface area contributed by atoms with E-state index < -0.39 is 12.1 Å². The molecule has 0 saturated heterocycles. The molecule has 3 rings (SSSR count). The van der Waals surface area contributed by atoms with Crippen LogP contribution in [0.4, 0.5) is 13.2 Å². The Labute approximate surface area is 165 Å². The number of fused-ring (bicyclic) bond motifs is 1. The lowest BCUT2D eigenvalue weighted by Gasteiger charge is -2.18. The Bertz CT molecular complexity index is 833. The van der Waals surface area contributed by atoms with Gasteiger partial charge in [0.15, 0.2) is 0 Å². The molecule has 138 valence electrons. The average Bonchev–Trinajstić information content (AvgIpc) is 2.92. The molecular formula is C20H16Cl3F3. The molecule has 0 nitrogen and oxygen atoms in total. The Hall–Kier alpha value is -1.16. The molecule has 0 amide bonds. The summed E-state index contributed by atoms with van der Waals surface area (Å²) in [5.74, 6) is -1.31. The van der Waals surface area contributed by atoms with Crippen LogP contribution in [0.2, 0.25) is 15.1 Å². The summed E-state index contributed by atoms with van der Waals surface area (Å²) in [6.45, 7) is 2.16. The molecule has 26 heavy (non-hydrogen) atoms. The van der Waals surface area contributed by atoms with Crippen LogP contribution in [0.15, 0.2) is 36.4 Å². The second-order valence-electron chi connectivity index (χ2n) is 6.57. The first-order chi connectivity index (χ1) is 12.2. The smallest absolute Gasteiger partial charge is 0.170 e. The summed E-state index contributed by atoms with van der Waals surface area (Å²) < 4.78 is 40.7. The molecule has 6 heteroatoms. The first kappa shape index (κ1) is 19.6. The van der Waals surface area contributed by atoms with E-state index in [9.17, 15) is 13.2 Å². The van der Waals surface area contributed by atoms with Crippen molar-refractivity contribution >= 4 is 40.9 Å². The van der Waals surface area contributed by atoms with Gasteiger partial charge in [-0.25, -0.2) is 0 Å². The van der Waals surface area contributed by atoms with Crippen LogP contribution in [0, 0.1) is 0 Å². The van der Waals surface area contributed by atoms with E-state index in [1.54, 1.807) is 0 Å². The zero-order chi connectivity index (χ0) is 19.1. The van der Waals surface area contributed by atoms with E-state index in [0.29, 0.717) is 5.92 Å². The maximum atomic E-state index is 13.6. The Kier molecular flexibility index (Phi) is 5.62. The molecule has 1 aliphatic rings. The van der Waals surface area contributed by atoms with Gasteiger partial charge in [-0.2, -0.15) is 13.2 Å². The number of aryl methyl sites for hydroxylation is 1. The molecule has 0 N–H and O–H groups in total. The first-order valence-corrected chi connectivity index (χ1v) is 9.32. The summed E-state index contributed by atoms with van der Waals surface area (Å²) in [7, 11) is 0. The van der Waals surface area contributed by atoms with E-state index in [4.69, 9.17) is 34.8 Å². The van der Waals surface area contributed by atoms with Crippen LogP contribution in [0.3, 0.4) is 0 Å². The number of hydrogen-bond donors (Lipinski definition) is 0. The SMILES string of the molecule is CC1CCc2cc(/C=C/C(c3cc(Cl)c(Cl)c(Cl)c3)C(F)(F)F)ccc21. The summed E-state index contributed by atoms with van der Waals surface area (Å²) in [6, 6.07) is 8.24. The van der Waals surface area contributed by atoms with Crippen LogP contribution >= 0.6 is 34.8 Å². The number of rotatable bonds is 3. The van der Waals surface area contributed by atoms with Gasteiger partial charge in [0, 0.05) is 0 Å². The maximum Gasteiger partial charge on any atom is 0.399 e. The second kappa shape index (κ2) is 7.46. The van der Waals surface area contributed by atoms with Crippen molar-refractivity contribution in [1.82, 2.24) is 0 Å². The zero-order valence-corrected chi connectivity index (χ0v) is 16.1. The van der Waals surface area contributed by atoms with Gasteiger partial charge in [-0.05, 0) is 53.1 Å². The lowest BCUT2D eigenvalue weighted by molar-refractivity contribution is -0.139. The fraction of sp³-hybridized carbons (Fsp3) is 0.300. The Balaban J connectivity index is 1.94. The number of alkyl halides is 3. The fourth-order valence-corrected chi connectivity index (χ4v) is 3.94. The molecule has 2 unspecified atom stereocenters. The highest BCUT2D eigenvalue weighted by molar-refractivity contribution is 6.48. The second-order valence-corrected chi connectivity index (χ2v) is 7.77. The molecule has 0 aromatic heterocycles.